The first-order valence-corrected chi connectivity index (χ1v) is 10.0. The van der Waals surface area contributed by atoms with Crippen molar-refractivity contribution >= 4 is 27.3 Å². The first-order valence-electron chi connectivity index (χ1n) is 7.46. The Morgan fingerprint density at radius 2 is 2.14 bits per heavy atom. The average molecular weight is 347 g/mol. The van der Waals surface area contributed by atoms with Crippen molar-refractivity contribution in [2.24, 2.45) is 4.99 Å². The van der Waals surface area contributed by atoms with Crippen molar-refractivity contribution in [1.82, 2.24) is 14.9 Å². The molecule has 0 aliphatic carbocycles. The number of hydrogen-bond donors (Lipinski definition) is 2. The largest absolute Gasteiger partial charge is 0.357 e. The molecule has 0 unspecified atom stereocenters. The van der Waals surface area contributed by atoms with Crippen LogP contribution in [0, 0.1) is 0 Å². The van der Waals surface area contributed by atoms with Crippen LogP contribution in [0.15, 0.2) is 21.8 Å². The van der Waals surface area contributed by atoms with Gasteiger partial charge in [-0.2, -0.15) is 11.3 Å². The molecule has 8 heteroatoms. The molecule has 0 radical (unpaired) electrons. The summed E-state index contributed by atoms with van der Waals surface area (Å²) >= 11 is 1.66. The Morgan fingerprint density at radius 1 is 1.36 bits per heavy atom. The molecule has 0 fully saturated rings. The van der Waals surface area contributed by atoms with E-state index in [1.54, 1.807) is 25.3 Å². The Kier molecular flexibility index (Phi) is 8.44. The molecule has 0 aromatic carbocycles. The monoisotopic (exact) mass is 346 g/mol. The summed E-state index contributed by atoms with van der Waals surface area (Å²) in [6.45, 7) is 6.29. The third-order valence-electron chi connectivity index (χ3n) is 3.13. The molecule has 2 N–H and O–H groups in total. The van der Waals surface area contributed by atoms with E-state index in [1.807, 2.05) is 12.3 Å². The predicted octanol–water partition coefficient (Wildman–Crippen LogP) is 1.47. The summed E-state index contributed by atoms with van der Waals surface area (Å²) in [6, 6.07) is 2.06. The van der Waals surface area contributed by atoms with E-state index in [2.05, 4.69) is 27.1 Å². The number of thiophene rings is 1. The molecule has 1 heterocycles. The summed E-state index contributed by atoms with van der Waals surface area (Å²) in [5, 5.41) is 10.5. The van der Waals surface area contributed by atoms with Gasteiger partial charge in [0.2, 0.25) is 10.0 Å². The molecule has 0 atom stereocenters. The third kappa shape index (κ3) is 6.76. The molecule has 22 heavy (non-hydrogen) atoms. The number of hydrogen-bond acceptors (Lipinski definition) is 4. The maximum absolute atomic E-state index is 11.6. The predicted molar refractivity (Wildman–Crippen MR) is 93.8 cm³/mol. The number of sulfonamides is 1. The SMILES string of the molecule is CCNC(=NCc1ccsc1)NCCCN(C)S(=O)(=O)CC. The fourth-order valence-corrected chi connectivity index (χ4v) is 3.27. The topological polar surface area (TPSA) is 73.8 Å². The maximum atomic E-state index is 11.6. The van der Waals surface area contributed by atoms with Gasteiger partial charge in [0.05, 0.1) is 12.3 Å². The van der Waals surface area contributed by atoms with Crippen molar-refractivity contribution in [3.63, 3.8) is 0 Å². The fourth-order valence-electron chi connectivity index (χ4n) is 1.76. The highest BCUT2D eigenvalue weighted by molar-refractivity contribution is 7.89. The molecular weight excluding hydrogens is 320 g/mol. The van der Waals surface area contributed by atoms with Crippen LogP contribution < -0.4 is 10.6 Å². The van der Waals surface area contributed by atoms with Crippen molar-refractivity contribution in [3.8, 4) is 0 Å². The standard InChI is InChI=1S/C14H26N4O2S2/c1-4-15-14(17-11-13-7-10-21-12-13)16-8-6-9-18(3)22(19,20)5-2/h7,10,12H,4-6,8-9,11H2,1-3H3,(H2,15,16,17). The second-order valence-corrected chi connectivity index (χ2v) is 7.97. The Hall–Kier alpha value is -1.12. The lowest BCUT2D eigenvalue weighted by atomic mass is 10.3. The smallest absolute Gasteiger partial charge is 0.213 e. The Labute approximate surface area is 137 Å². The summed E-state index contributed by atoms with van der Waals surface area (Å²) in [4.78, 5) is 4.51. The van der Waals surface area contributed by atoms with Gasteiger partial charge in [0.1, 0.15) is 0 Å². The first kappa shape index (κ1) is 18.9. The lowest BCUT2D eigenvalue weighted by Gasteiger charge is -2.16. The minimum Gasteiger partial charge on any atom is -0.357 e. The lowest BCUT2D eigenvalue weighted by molar-refractivity contribution is 0.461. The molecule has 0 saturated carbocycles. The highest BCUT2D eigenvalue weighted by atomic mass is 32.2. The van der Waals surface area contributed by atoms with Gasteiger partial charge in [-0.25, -0.2) is 17.7 Å². The Morgan fingerprint density at radius 3 is 2.73 bits per heavy atom. The molecule has 0 aliphatic heterocycles. The molecule has 0 amide bonds. The molecule has 0 spiro atoms. The zero-order valence-electron chi connectivity index (χ0n) is 13.5. The number of rotatable bonds is 9. The molecule has 1 rings (SSSR count). The third-order valence-corrected chi connectivity index (χ3v) is 5.72. The van der Waals surface area contributed by atoms with E-state index in [9.17, 15) is 8.42 Å². The summed E-state index contributed by atoms with van der Waals surface area (Å²) in [5.74, 6) is 0.900. The van der Waals surface area contributed by atoms with E-state index >= 15 is 0 Å². The lowest BCUT2D eigenvalue weighted by Crippen LogP contribution is -2.39. The van der Waals surface area contributed by atoms with Crippen LogP contribution in [0.5, 0.6) is 0 Å². The molecule has 0 aliphatic rings. The minimum atomic E-state index is -3.09. The van der Waals surface area contributed by atoms with Gasteiger partial charge in [-0.05, 0) is 42.7 Å². The zero-order chi connectivity index (χ0) is 16.4. The van der Waals surface area contributed by atoms with Crippen LogP contribution in [-0.4, -0.2) is 51.1 Å². The van der Waals surface area contributed by atoms with Crippen LogP contribution in [0.1, 0.15) is 25.8 Å². The second kappa shape index (κ2) is 9.81. The van der Waals surface area contributed by atoms with Crippen LogP contribution in [0.2, 0.25) is 0 Å². The van der Waals surface area contributed by atoms with Crippen molar-refractivity contribution in [1.29, 1.82) is 0 Å². The van der Waals surface area contributed by atoms with E-state index in [-0.39, 0.29) is 5.75 Å². The van der Waals surface area contributed by atoms with Gasteiger partial charge in [0.15, 0.2) is 5.96 Å². The zero-order valence-corrected chi connectivity index (χ0v) is 15.1. The first-order chi connectivity index (χ1) is 10.5. The van der Waals surface area contributed by atoms with Crippen molar-refractivity contribution in [2.75, 3.05) is 32.4 Å². The summed E-state index contributed by atoms with van der Waals surface area (Å²) < 4.78 is 24.7. The number of guanidine groups is 1. The highest BCUT2D eigenvalue weighted by Gasteiger charge is 2.13. The molecule has 0 saturated heterocycles. The molecule has 6 nitrogen and oxygen atoms in total. The van der Waals surface area contributed by atoms with Crippen LogP contribution in [-0.2, 0) is 16.6 Å². The van der Waals surface area contributed by atoms with Crippen LogP contribution in [0.25, 0.3) is 0 Å². The summed E-state index contributed by atoms with van der Waals surface area (Å²) in [7, 11) is -1.47. The van der Waals surface area contributed by atoms with Gasteiger partial charge in [-0.1, -0.05) is 0 Å². The van der Waals surface area contributed by atoms with Gasteiger partial charge in [0, 0.05) is 26.7 Å². The number of aliphatic imine (C=N–C) groups is 1. The number of nitrogens with zero attached hydrogens (tertiary/aromatic N) is 2. The molecular formula is C14H26N4O2S2. The van der Waals surface area contributed by atoms with Gasteiger partial charge in [-0.3, -0.25) is 0 Å². The average Bonchev–Trinajstić information content (AvgIpc) is 3.02. The Bertz CT molecular complexity index is 541. The minimum absolute atomic E-state index is 0.141. The van der Waals surface area contributed by atoms with E-state index < -0.39 is 10.0 Å². The maximum Gasteiger partial charge on any atom is 0.213 e. The highest BCUT2D eigenvalue weighted by Crippen LogP contribution is 2.06. The fraction of sp³-hybridized carbons (Fsp3) is 0.643. The quantitative estimate of drug-likeness (QED) is 0.403. The van der Waals surface area contributed by atoms with Crippen molar-refractivity contribution < 1.29 is 8.42 Å². The van der Waals surface area contributed by atoms with Gasteiger partial charge >= 0.3 is 0 Å². The van der Waals surface area contributed by atoms with Crippen LogP contribution in [0.4, 0.5) is 0 Å². The van der Waals surface area contributed by atoms with Crippen LogP contribution >= 0.6 is 11.3 Å². The van der Waals surface area contributed by atoms with Gasteiger partial charge in [0.25, 0.3) is 0 Å². The molecule has 1 aromatic heterocycles. The normalized spacial score (nSPS) is 12.6. The Balaban J connectivity index is 2.37. The molecule has 1 aromatic rings. The van der Waals surface area contributed by atoms with Gasteiger partial charge in [-0.15, -0.1) is 0 Å². The second-order valence-electron chi connectivity index (χ2n) is 4.83. The van der Waals surface area contributed by atoms with Crippen molar-refractivity contribution in [3.05, 3.63) is 22.4 Å². The van der Waals surface area contributed by atoms with E-state index in [4.69, 9.17) is 0 Å². The molecule has 126 valence electrons. The van der Waals surface area contributed by atoms with E-state index in [0.29, 0.717) is 19.6 Å². The van der Waals surface area contributed by atoms with E-state index in [1.165, 1.54) is 9.87 Å². The molecule has 0 bridgehead atoms. The van der Waals surface area contributed by atoms with Crippen molar-refractivity contribution in [2.45, 2.75) is 26.8 Å². The van der Waals surface area contributed by atoms with Gasteiger partial charge < -0.3 is 10.6 Å². The van der Waals surface area contributed by atoms with E-state index in [0.717, 1.165) is 18.9 Å². The summed E-state index contributed by atoms with van der Waals surface area (Å²) in [5.41, 5.74) is 1.19. The number of nitrogens with one attached hydrogen (secondary N) is 2. The van der Waals surface area contributed by atoms with Crippen LogP contribution in [0.3, 0.4) is 0 Å². The summed E-state index contributed by atoms with van der Waals surface area (Å²) in [6.07, 6.45) is 0.735.